The molecule has 0 spiro atoms. The Balaban J connectivity index is 1.80. The predicted octanol–water partition coefficient (Wildman–Crippen LogP) is 1.36. The van der Waals surface area contributed by atoms with E-state index in [9.17, 15) is 0 Å². The Hall–Kier alpha value is -0.960. The van der Waals surface area contributed by atoms with E-state index < -0.39 is 0 Å². The summed E-state index contributed by atoms with van der Waals surface area (Å²) >= 11 is 0. The van der Waals surface area contributed by atoms with Crippen LogP contribution in [0.1, 0.15) is 25.5 Å². The second-order valence-corrected chi connectivity index (χ2v) is 3.74. The Morgan fingerprint density at radius 2 is 2.38 bits per heavy atom. The highest BCUT2D eigenvalue weighted by Crippen LogP contribution is 2.26. The van der Waals surface area contributed by atoms with Gasteiger partial charge in [-0.2, -0.15) is 0 Å². The summed E-state index contributed by atoms with van der Waals surface area (Å²) in [5, 5.41) is 3.48. The molecule has 1 fully saturated rings. The maximum absolute atomic E-state index is 4.21. The van der Waals surface area contributed by atoms with E-state index in [2.05, 4.69) is 22.2 Å². The molecule has 0 aliphatic heterocycles. The summed E-state index contributed by atoms with van der Waals surface area (Å²) < 4.78 is 0. The lowest BCUT2D eigenvalue weighted by molar-refractivity contribution is 0.227. The van der Waals surface area contributed by atoms with Crippen molar-refractivity contribution >= 4 is 0 Å². The highest BCUT2D eigenvalue weighted by molar-refractivity contribution is 4.95. The molecule has 1 heterocycles. The van der Waals surface area contributed by atoms with E-state index in [1.165, 1.54) is 12.8 Å². The van der Waals surface area contributed by atoms with Crippen LogP contribution in [0.15, 0.2) is 18.6 Å². The summed E-state index contributed by atoms with van der Waals surface area (Å²) in [5.74, 6) is 0.830. The third-order valence-electron chi connectivity index (χ3n) is 2.78. The van der Waals surface area contributed by atoms with Crippen molar-refractivity contribution in [2.24, 2.45) is 5.92 Å². The van der Waals surface area contributed by atoms with Crippen LogP contribution >= 0.6 is 0 Å². The highest BCUT2D eigenvalue weighted by atomic mass is 15.0. The predicted molar refractivity (Wildman–Crippen MR) is 51.1 cm³/mol. The van der Waals surface area contributed by atoms with E-state index in [-0.39, 0.29) is 0 Å². The lowest BCUT2D eigenvalue weighted by Gasteiger charge is -2.34. The van der Waals surface area contributed by atoms with Crippen LogP contribution in [-0.4, -0.2) is 16.0 Å². The van der Waals surface area contributed by atoms with Gasteiger partial charge >= 0.3 is 0 Å². The molecule has 1 N–H and O–H groups in total. The van der Waals surface area contributed by atoms with Crippen LogP contribution in [0, 0.1) is 5.92 Å². The van der Waals surface area contributed by atoms with Crippen LogP contribution < -0.4 is 5.32 Å². The van der Waals surface area contributed by atoms with Crippen LogP contribution in [0.25, 0.3) is 0 Å². The lowest BCUT2D eigenvalue weighted by atomic mass is 9.81. The molecule has 3 nitrogen and oxygen atoms in total. The van der Waals surface area contributed by atoms with Crippen molar-refractivity contribution in [2.45, 2.75) is 32.4 Å². The molecule has 0 bridgehead atoms. The highest BCUT2D eigenvalue weighted by Gasteiger charge is 2.25. The Morgan fingerprint density at radius 3 is 2.92 bits per heavy atom. The topological polar surface area (TPSA) is 37.8 Å². The van der Waals surface area contributed by atoms with Crippen molar-refractivity contribution in [2.75, 3.05) is 0 Å². The van der Waals surface area contributed by atoms with E-state index >= 15 is 0 Å². The summed E-state index contributed by atoms with van der Waals surface area (Å²) in [6, 6.07) is 0.696. The number of hydrogen-bond acceptors (Lipinski definition) is 3. The maximum atomic E-state index is 4.21. The zero-order valence-electron chi connectivity index (χ0n) is 7.90. The van der Waals surface area contributed by atoms with Crippen molar-refractivity contribution in [1.29, 1.82) is 0 Å². The molecule has 70 valence electrons. The summed E-state index contributed by atoms with van der Waals surface area (Å²) in [6.45, 7) is 3.14. The molecule has 0 amide bonds. The molecule has 2 unspecified atom stereocenters. The number of aromatic nitrogens is 2. The van der Waals surface area contributed by atoms with E-state index in [0.29, 0.717) is 6.04 Å². The Bertz CT molecular complexity index is 260. The van der Waals surface area contributed by atoms with E-state index in [0.717, 1.165) is 18.2 Å². The van der Waals surface area contributed by atoms with Gasteiger partial charge in [-0.25, -0.2) is 0 Å². The van der Waals surface area contributed by atoms with Gasteiger partial charge in [0, 0.05) is 31.2 Å². The molecule has 2 rings (SSSR count). The summed E-state index contributed by atoms with van der Waals surface area (Å²) in [7, 11) is 0. The lowest BCUT2D eigenvalue weighted by Crippen LogP contribution is -2.42. The minimum Gasteiger partial charge on any atom is -0.308 e. The first-order chi connectivity index (χ1) is 6.36. The monoisotopic (exact) mass is 177 g/mol. The van der Waals surface area contributed by atoms with Crippen molar-refractivity contribution in [3.63, 3.8) is 0 Å². The molecule has 3 heteroatoms. The standard InChI is InChI=1S/C10H15N3/c1-8-2-3-10(8)13-7-9-6-11-4-5-12-9/h4-6,8,10,13H,2-3,7H2,1H3. The van der Waals surface area contributed by atoms with E-state index in [1.54, 1.807) is 12.4 Å². The van der Waals surface area contributed by atoms with E-state index in [4.69, 9.17) is 0 Å². The molecular weight excluding hydrogens is 162 g/mol. The molecule has 2 atom stereocenters. The van der Waals surface area contributed by atoms with Gasteiger partial charge in [-0.3, -0.25) is 9.97 Å². The smallest absolute Gasteiger partial charge is 0.0724 e. The van der Waals surface area contributed by atoms with Crippen LogP contribution in [0.3, 0.4) is 0 Å². The van der Waals surface area contributed by atoms with Gasteiger partial charge in [0.2, 0.25) is 0 Å². The fourth-order valence-corrected chi connectivity index (χ4v) is 1.63. The van der Waals surface area contributed by atoms with Gasteiger partial charge in [0.05, 0.1) is 5.69 Å². The second kappa shape index (κ2) is 3.83. The first-order valence-corrected chi connectivity index (χ1v) is 4.84. The fourth-order valence-electron chi connectivity index (χ4n) is 1.63. The molecule has 13 heavy (non-hydrogen) atoms. The van der Waals surface area contributed by atoms with Gasteiger partial charge in [-0.05, 0) is 18.8 Å². The van der Waals surface area contributed by atoms with Crippen molar-refractivity contribution in [3.8, 4) is 0 Å². The molecule has 1 aliphatic rings. The van der Waals surface area contributed by atoms with Gasteiger partial charge in [0.1, 0.15) is 0 Å². The number of rotatable bonds is 3. The Morgan fingerprint density at radius 1 is 1.46 bits per heavy atom. The molecule has 1 aromatic rings. The SMILES string of the molecule is CC1CCC1NCc1cnccn1. The molecule has 0 saturated heterocycles. The third kappa shape index (κ3) is 2.04. The van der Waals surface area contributed by atoms with Crippen molar-refractivity contribution in [1.82, 2.24) is 15.3 Å². The molecule has 1 saturated carbocycles. The van der Waals surface area contributed by atoms with Crippen molar-refractivity contribution < 1.29 is 0 Å². The molecule has 0 aromatic carbocycles. The summed E-state index contributed by atoms with van der Waals surface area (Å²) in [5.41, 5.74) is 1.03. The minimum absolute atomic E-state index is 0.696. The van der Waals surface area contributed by atoms with Crippen LogP contribution in [0.2, 0.25) is 0 Å². The van der Waals surface area contributed by atoms with Gasteiger partial charge in [0.15, 0.2) is 0 Å². The normalized spacial score (nSPS) is 26.8. The summed E-state index contributed by atoms with van der Waals surface area (Å²) in [4.78, 5) is 8.23. The van der Waals surface area contributed by atoms with Gasteiger partial charge in [-0.15, -0.1) is 0 Å². The zero-order valence-corrected chi connectivity index (χ0v) is 7.90. The Kier molecular flexibility index (Phi) is 2.54. The summed E-state index contributed by atoms with van der Waals surface area (Å²) in [6.07, 6.45) is 7.92. The fraction of sp³-hybridized carbons (Fsp3) is 0.600. The minimum atomic E-state index is 0.696. The second-order valence-electron chi connectivity index (χ2n) is 3.74. The number of hydrogen-bond donors (Lipinski definition) is 1. The van der Waals surface area contributed by atoms with Crippen LogP contribution in [0.4, 0.5) is 0 Å². The number of nitrogens with one attached hydrogen (secondary N) is 1. The third-order valence-corrected chi connectivity index (χ3v) is 2.78. The van der Waals surface area contributed by atoms with Crippen LogP contribution in [0.5, 0.6) is 0 Å². The average molecular weight is 177 g/mol. The van der Waals surface area contributed by atoms with Gasteiger partial charge in [0.25, 0.3) is 0 Å². The molecule has 1 aromatic heterocycles. The maximum Gasteiger partial charge on any atom is 0.0724 e. The van der Waals surface area contributed by atoms with Crippen LogP contribution in [-0.2, 0) is 6.54 Å². The number of nitrogens with zero attached hydrogens (tertiary/aromatic N) is 2. The van der Waals surface area contributed by atoms with E-state index in [1.807, 2.05) is 6.20 Å². The Labute approximate surface area is 78.6 Å². The largest absolute Gasteiger partial charge is 0.308 e. The quantitative estimate of drug-likeness (QED) is 0.757. The van der Waals surface area contributed by atoms with Gasteiger partial charge in [-0.1, -0.05) is 6.92 Å². The molecule has 0 radical (unpaired) electrons. The first-order valence-electron chi connectivity index (χ1n) is 4.84. The first kappa shape index (κ1) is 8.63. The average Bonchev–Trinajstić information content (AvgIpc) is 2.17. The zero-order chi connectivity index (χ0) is 9.10. The molecule has 1 aliphatic carbocycles. The molecular formula is C10H15N3. The van der Waals surface area contributed by atoms with Gasteiger partial charge < -0.3 is 5.32 Å². The van der Waals surface area contributed by atoms with Crippen molar-refractivity contribution in [3.05, 3.63) is 24.3 Å².